The Bertz CT molecular complexity index is 1290. The van der Waals surface area contributed by atoms with E-state index in [-0.39, 0.29) is 11.8 Å². The Morgan fingerprint density at radius 1 is 1.18 bits per heavy atom. The fraction of sp³-hybridized carbons (Fsp3) is 0.400. The van der Waals surface area contributed by atoms with E-state index in [1.54, 1.807) is 15.5 Å². The molecule has 1 aliphatic heterocycles. The summed E-state index contributed by atoms with van der Waals surface area (Å²) in [6, 6.07) is 5.97. The molecular formula is C20H21BrN6O5S. The quantitative estimate of drug-likeness (QED) is 0.367. The van der Waals surface area contributed by atoms with Crippen LogP contribution < -0.4 is 10.5 Å². The van der Waals surface area contributed by atoms with Crippen molar-refractivity contribution in [1.82, 2.24) is 19.5 Å². The van der Waals surface area contributed by atoms with Crippen molar-refractivity contribution in [3.63, 3.8) is 0 Å². The summed E-state index contributed by atoms with van der Waals surface area (Å²) >= 11 is 4.47. The number of benzene rings is 1. The predicted molar refractivity (Wildman–Crippen MR) is 127 cm³/mol. The van der Waals surface area contributed by atoms with Gasteiger partial charge in [0.2, 0.25) is 4.96 Å². The lowest BCUT2D eigenvalue weighted by atomic mass is 10.2. The number of halogens is 1. The zero-order chi connectivity index (χ0) is 23.9. The molecule has 1 aliphatic rings. The van der Waals surface area contributed by atoms with Gasteiger partial charge in [0.15, 0.2) is 0 Å². The second kappa shape index (κ2) is 8.71. The summed E-state index contributed by atoms with van der Waals surface area (Å²) in [5.41, 5.74) is -0.508. The van der Waals surface area contributed by atoms with Gasteiger partial charge in [-0.3, -0.25) is 14.9 Å². The van der Waals surface area contributed by atoms with Crippen LogP contribution in [0, 0.1) is 10.1 Å². The molecule has 0 aliphatic carbocycles. The second-order valence-electron chi connectivity index (χ2n) is 8.46. The van der Waals surface area contributed by atoms with Crippen molar-refractivity contribution >= 4 is 49.8 Å². The smallest absolute Gasteiger partial charge is 0.410 e. The van der Waals surface area contributed by atoms with E-state index < -0.39 is 16.1 Å². The summed E-state index contributed by atoms with van der Waals surface area (Å²) in [5.74, 6) is 0.556. The Hall–Kier alpha value is -3.06. The minimum Gasteiger partial charge on any atom is -0.444 e. The molecule has 1 fully saturated rings. The highest BCUT2D eigenvalue weighted by atomic mass is 79.9. The number of hydrogen-bond donors (Lipinski definition) is 0. The minimum absolute atomic E-state index is 0.0698. The fourth-order valence-electron chi connectivity index (χ4n) is 3.39. The summed E-state index contributed by atoms with van der Waals surface area (Å²) < 4.78 is 7.55. The number of aromatic nitrogens is 3. The monoisotopic (exact) mass is 536 g/mol. The molecule has 0 radical (unpaired) electrons. The van der Waals surface area contributed by atoms with Crippen molar-refractivity contribution in [2.45, 2.75) is 26.4 Å². The van der Waals surface area contributed by atoms with Crippen LogP contribution in [0.2, 0.25) is 0 Å². The zero-order valence-electron chi connectivity index (χ0n) is 18.1. The molecule has 0 N–H and O–H groups in total. The Labute approximate surface area is 200 Å². The number of nitro benzene ring substituents is 1. The predicted octanol–water partition coefficient (Wildman–Crippen LogP) is 3.55. The number of carbonyl (C=O) groups is 1. The summed E-state index contributed by atoms with van der Waals surface area (Å²) in [5, 5.41) is 16.3. The average Bonchev–Trinajstić information content (AvgIpc) is 3.15. The number of piperazine rings is 1. The molecule has 0 saturated carbocycles. The number of fused-ring (bicyclic) bond motifs is 1. The van der Waals surface area contributed by atoms with Gasteiger partial charge >= 0.3 is 6.09 Å². The number of hydrogen-bond acceptors (Lipinski definition) is 9. The molecule has 11 nitrogen and oxygen atoms in total. The zero-order valence-corrected chi connectivity index (χ0v) is 20.6. The molecule has 33 heavy (non-hydrogen) atoms. The molecule has 0 bridgehead atoms. The highest BCUT2D eigenvalue weighted by molar-refractivity contribution is 9.10. The summed E-state index contributed by atoms with van der Waals surface area (Å²) in [7, 11) is 0. The number of nitro groups is 1. The third kappa shape index (κ3) is 5.14. The SMILES string of the molecule is CC(C)(C)OC(=O)N1CCN(c2cc(=O)nc3sc(-c4cc(Br)cc([N+](=O)[O-])c4)nn23)CC1. The largest absolute Gasteiger partial charge is 0.444 e. The molecule has 174 valence electrons. The number of amides is 1. The molecule has 0 atom stereocenters. The van der Waals surface area contributed by atoms with Crippen LogP contribution in [0.3, 0.4) is 0 Å². The van der Waals surface area contributed by atoms with Crippen LogP contribution in [-0.2, 0) is 4.74 Å². The van der Waals surface area contributed by atoms with Crippen LogP contribution in [0.15, 0.2) is 33.5 Å². The number of nitrogens with zero attached hydrogens (tertiary/aromatic N) is 6. The molecular weight excluding hydrogens is 516 g/mol. The first kappa shape index (κ1) is 23.1. The standard InChI is InChI=1S/C20H21BrN6O5S/c1-20(2,3)32-19(29)25-6-4-24(5-7-25)16-11-15(28)22-18-26(16)23-17(33-18)12-8-13(21)10-14(9-12)27(30)31/h8-11H,4-7H2,1-3H3. The summed E-state index contributed by atoms with van der Waals surface area (Å²) in [6.45, 7) is 7.30. The molecule has 1 amide bonds. The van der Waals surface area contributed by atoms with E-state index in [0.29, 0.717) is 52.0 Å². The van der Waals surface area contributed by atoms with Gasteiger partial charge in [-0.05, 0) is 26.8 Å². The van der Waals surface area contributed by atoms with Crippen LogP contribution in [-0.4, -0.2) is 62.3 Å². The van der Waals surface area contributed by atoms with Crippen LogP contribution >= 0.6 is 27.3 Å². The van der Waals surface area contributed by atoms with Crippen LogP contribution in [0.4, 0.5) is 16.3 Å². The maximum absolute atomic E-state index is 12.3. The third-order valence-corrected chi connectivity index (χ3v) is 6.25. The maximum atomic E-state index is 12.3. The van der Waals surface area contributed by atoms with E-state index >= 15 is 0 Å². The molecule has 3 aromatic rings. The van der Waals surface area contributed by atoms with Gasteiger partial charge in [0, 0.05) is 54.4 Å². The highest BCUT2D eigenvalue weighted by Gasteiger charge is 2.27. The topological polar surface area (TPSA) is 123 Å². The molecule has 3 heterocycles. The number of carbonyl (C=O) groups excluding carboxylic acids is 1. The minimum atomic E-state index is -0.572. The molecule has 0 unspecified atom stereocenters. The van der Waals surface area contributed by atoms with Crippen molar-refractivity contribution in [2.75, 3.05) is 31.1 Å². The lowest BCUT2D eigenvalue weighted by molar-refractivity contribution is -0.384. The highest BCUT2D eigenvalue weighted by Crippen LogP contribution is 2.32. The Kier molecular flexibility index (Phi) is 6.10. The van der Waals surface area contributed by atoms with Gasteiger partial charge in [0.05, 0.1) is 4.92 Å². The van der Waals surface area contributed by atoms with Gasteiger partial charge in [0.1, 0.15) is 16.4 Å². The number of ether oxygens (including phenoxy) is 1. The normalized spacial score (nSPS) is 14.5. The molecule has 1 saturated heterocycles. The van der Waals surface area contributed by atoms with Crippen molar-refractivity contribution in [1.29, 1.82) is 0 Å². The van der Waals surface area contributed by atoms with Crippen molar-refractivity contribution in [2.24, 2.45) is 0 Å². The fourth-order valence-corrected chi connectivity index (χ4v) is 4.76. The van der Waals surface area contributed by atoms with E-state index in [9.17, 15) is 19.7 Å². The molecule has 0 spiro atoms. The third-order valence-electron chi connectivity index (χ3n) is 4.83. The van der Waals surface area contributed by atoms with Crippen LogP contribution in [0.5, 0.6) is 0 Å². The van der Waals surface area contributed by atoms with Crippen molar-refractivity contribution in [3.05, 3.63) is 49.2 Å². The van der Waals surface area contributed by atoms with Crippen LogP contribution in [0.1, 0.15) is 20.8 Å². The first-order chi connectivity index (χ1) is 15.5. The van der Waals surface area contributed by atoms with E-state index in [1.165, 1.54) is 29.5 Å². The maximum Gasteiger partial charge on any atom is 0.410 e. The van der Waals surface area contributed by atoms with Gasteiger partial charge in [-0.25, -0.2) is 4.79 Å². The molecule has 13 heteroatoms. The van der Waals surface area contributed by atoms with Crippen LogP contribution in [0.25, 0.3) is 15.5 Å². The van der Waals surface area contributed by atoms with Gasteiger partial charge in [-0.2, -0.15) is 14.6 Å². The van der Waals surface area contributed by atoms with E-state index in [1.807, 2.05) is 25.7 Å². The summed E-state index contributed by atoms with van der Waals surface area (Å²) in [6.07, 6.45) is -0.369. The average molecular weight is 537 g/mol. The molecule has 1 aromatic carbocycles. The van der Waals surface area contributed by atoms with Gasteiger partial charge in [-0.1, -0.05) is 27.3 Å². The lowest BCUT2D eigenvalue weighted by Crippen LogP contribution is -2.50. The van der Waals surface area contributed by atoms with Gasteiger partial charge in [-0.15, -0.1) is 0 Å². The van der Waals surface area contributed by atoms with Crippen molar-refractivity contribution in [3.8, 4) is 10.6 Å². The Balaban J connectivity index is 1.63. The van der Waals surface area contributed by atoms with Gasteiger partial charge in [0.25, 0.3) is 11.2 Å². The molecule has 2 aromatic heterocycles. The van der Waals surface area contributed by atoms with E-state index in [4.69, 9.17) is 4.74 Å². The lowest BCUT2D eigenvalue weighted by Gasteiger charge is -2.36. The first-order valence-corrected chi connectivity index (χ1v) is 11.7. The second-order valence-corrected chi connectivity index (χ2v) is 10.3. The number of non-ortho nitro benzene ring substituents is 1. The number of anilines is 1. The van der Waals surface area contributed by atoms with E-state index in [2.05, 4.69) is 26.0 Å². The Morgan fingerprint density at radius 2 is 1.88 bits per heavy atom. The first-order valence-electron chi connectivity index (χ1n) is 10.1. The van der Waals surface area contributed by atoms with E-state index in [0.717, 1.165) is 0 Å². The number of rotatable bonds is 3. The van der Waals surface area contributed by atoms with Gasteiger partial charge < -0.3 is 14.5 Å². The molecule has 4 rings (SSSR count). The summed E-state index contributed by atoms with van der Waals surface area (Å²) in [4.78, 5) is 43.4. The van der Waals surface area contributed by atoms with Crippen molar-refractivity contribution < 1.29 is 14.5 Å². The Morgan fingerprint density at radius 3 is 2.52 bits per heavy atom.